The molecule has 1 fully saturated rings. The molecule has 0 spiro atoms. The van der Waals surface area contributed by atoms with Crippen molar-refractivity contribution in [3.63, 3.8) is 0 Å². The van der Waals surface area contributed by atoms with E-state index in [4.69, 9.17) is 4.74 Å². The molecular weight excluding hydrogens is 324 g/mol. The number of nitrogens with zero attached hydrogens (tertiary/aromatic N) is 2. The van der Waals surface area contributed by atoms with Crippen molar-refractivity contribution in [3.8, 4) is 0 Å². The van der Waals surface area contributed by atoms with Crippen LogP contribution in [0.3, 0.4) is 0 Å². The van der Waals surface area contributed by atoms with E-state index >= 15 is 0 Å². The van der Waals surface area contributed by atoms with Crippen molar-refractivity contribution in [1.29, 1.82) is 0 Å². The molecule has 1 aromatic rings. The summed E-state index contributed by atoms with van der Waals surface area (Å²) in [4.78, 5) is 17.7. The lowest BCUT2D eigenvalue weighted by molar-refractivity contribution is 0.0124. The van der Waals surface area contributed by atoms with Gasteiger partial charge >= 0.3 is 6.09 Å². The number of carbonyl (C=O) groups is 1. The first-order valence-electron chi connectivity index (χ1n) is 7.31. The summed E-state index contributed by atoms with van der Waals surface area (Å²) in [6, 6.07) is -0.350. The highest BCUT2D eigenvalue weighted by atomic mass is 32.2. The van der Waals surface area contributed by atoms with Gasteiger partial charge in [0.05, 0.1) is 5.75 Å². The number of thiazole rings is 1. The summed E-state index contributed by atoms with van der Waals surface area (Å²) in [6.07, 6.45) is 3.49. The quantitative estimate of drug-likeness (QED) is 0.841. The average Bonchev–Trinajstić information content (AvgIpc) is 2.91. The van der Waals surface area contributed by atoms with Crippen LogP contribution in [-0.2, 0) is 14.6 Å². The smallest absolute Gasteiger partial charge is 0.410 e. The first-order valence-corrected chi connectivity index (χ1v) is 9.84. The fraction of sp³-hybridized carbons (Fsp3) is 0.714. The Bertz CT molecular complexity index is 605. The number of hydrogen-bond donors (Lipinski definition) is 0. The summed E-state index contributed by atoms with van der Waals surface area (Å²) in [6.45, 7) is 5.94. The Morgan fingerprint density at radius 1 is 1.45 bits per heavy atom. The van der Waals surface area contributed by atoms with Crippen molar-refractivity contribution in [2.75, 3.05) is 12.3 Å². The molecule has 1 saturated heterocycles. The van der Waals surface area contributed by atoms with E-state index in [1.807, 2.05) is 0 Å². The molecule has 124 valence electrons. The Hall–Kier alpha value is -1.15. The summed E-state index contributed by atoms with van der Waals surface area (Å²) in [5, 5.41) is 1.64. The highest BCUT2D eigenvalue weighted by molar-refractivity contribution is 7.93. The number of amides is 1. The predicted molar refractivity (Wildman–Crippen MR) is 84.7 cm³/mol. The summed E-state index contributed by atoms with van der Waals surface area (Å²) in [7, 11) is -3.47. The van der Waals surface area contributed by atoms with Crippen LogP contribution >= 0.6 is 11.3 Å². The van der Waals surface area contributed by atoms with E-state index in [-0.39, 0.29) is 16.1 Å². The molecule has 0 N–H and O–H groups in total. The Morgan fingerprint density at radius 3 is 2.77 bits per heavy atom. The number of sulfone groups is 1. The van der Waals surface area contributed by atoms with Crippen LogP contribution in [0.5, 0.6) is 0 Å². The van der Waals surface area contributed by atoms with Crippen LogP contribution in [0.2, 0.25) is 0 Å². The Kier molecular flexibility index (Phi) is 5.11. The summed E-state index contributed by atoms with van der Waals surface area (Å²) in [5.74, 6) is -0.0975. The molecular formula is C14H22N2O4S2. The lowest BCUT2D eigenvalue weighted by atomic mass is 10.0. The van der Waals surface area contributed by atoms with Crippen molar-refractivity contribution in [2.24, 2.45) is 0 Å². The largest absolute Gasteiger partial charge is 0.444 e. The maximum absolute atomic E-state index is 12.4. The minimum absolute atomic E-state index is 0.0975. The zero-order valence-corrected chi connectivity index (χ0v) is 14.7. The monoisotopic (exact) mass is 346 g/mol. The minimum Gasteiger partial charge on any atom is -0.444 e. The van der Waals surface area contributed by atoms with Gasteiger partial charge in [0, 0.05) is 24.2 Å². The minimum atomic E-state index is -3.47. The van der Waals surface area contributed by atoms with Crippen LogP contribution in [0.4, 0.5) is 4.79 Å². The van der Waals surface area contributed by atoms with Gasteiger partial charge in [-0.05, 0) is 40.0 Å². The number of rotatable bonds is 3. The molecule has 1 aromatic heterocycles. The molecule has 6 nitrogen and oxygen atoms in total. The highest BCUT2D eigenvalue weighted by Gasteiger charge is 2.34. The van der Waals surface area contributed by atoms with E-state index < -0.39 is 21.5 Å². The van der Waals surface area contributed by atoms with Gasteiger partial charge in [-0.1, -0.05) is 0 Å². The number of piperidine rings is 1. The van der Waals surface area contributed by atoms with E-state index in [0.29, 0.717) is 13.0 Å². The van der Waals surface area contributed by atoms with Crippen LogP contribution in [-0.4, -0.2) is 48.3 Å². The van der Waals surface area contributed by atoms with Crippen molar-refractivity contribution in [3.05, 3.63) is 11.6 Å². The molecule has 1 aliphatic heterocycles. The van der Waals surface area contributed by atoms with Crippen LogP contribution in [0, 0.1) is 0 Å². The standard InChI is InChI=1S/C14H22N2O4S2/c1-14(2,3)20-13(17)16-8-5-4-6-11(16)10-22(18,19)12-15-7-9-21-12/h7,9,11H,4-6,8,10H2,1-3H3/t11-/m0/s1. The number of ether oxygens (including phenoxy) is 1. The van der Waals surface area contributed by atoms with Gasteiger partial charge < -0.3 is 9.64 Å². The van der Waals surface area contributed by atoms with Gasteiger partial charge in [0.25, 0.3) is 0 Å². The molecule has 0 unspecified atom stereocenters. The van der Waals surface area contributed by atoms with Gasteiger partial charge in [-0.3, -0.25) is 0 Å². The van der Waals surface area contributed by atoms with Crippen molar-refractivity contribution < 1.29 is 17.9 Å². The second-order valence-electron chi connectivity index (χ2n) is 6.40. The predicted octanol–water partition coefficient (Wildman–Crippen LogP) is 2.71. The zero-order valence-electron chi connectivity index (χ0n) is 13.1. The molecule has 8 heteroatoms. The number of hydrogen-bond acceptors (Lipinski definition) is 6. The lowest BCUT2D eigenvalue weighted by Gasteiger charge is -2.36. The Balaban J connectivity index is 2.12. The van der Waals surface area contributed by atoms with E-state index in [9.17, 15) is 13.2 Å². The number of carbonyl (C=O) groups excluding carboxylic acids is 1. The fourth-order valence-corrected chi connectivity index (χ4v) is 4.96. The lowest BCUT2D eigenvalue weighted by Crippen LogP contribution is -2.48. The topological polar surface area (TPSA) is 76.6 Å². The summed E-state index contributed by atoms with van der Waals surface area (Å²) in [5.41, 5.74) is -0.590. The van der Waals surface area contributed by atoms with Crippen LogP contribution in [0.1, 0.15) is 40.0 Å². The van der Waals surface area contributed by atoms with Gasteiger partial charge in [-0.15, -0.1) is 11.3 Å². The normalized spacial score (nSPS) is 20.0. The molecule has 2 rings (SSSR count). The van der Waals surface area contributed by atoms with Gasteiger partial charge in [0.2, 0.25) is 14.2 Å². The Morgan fingerprint density at radius 2 is 2.18 bits per heavy atom. The molecule has 1 atom stereocenters. The summed E-state index contributed by atoms with van der Waals surface area (Å²) < 4.78 is 30.3. The molecule has 0 saturated carbocycles. The van der Waals surface area contributed by atoms with E-state index in [1.165, 1.54) is 6.20 Å². The SMILES string of the molecule is CC(C)(C)OC(=O)N1CCCC[C@H]1CS(=O)(=O)c1nccs1. The van der Waals surface area contributed by atoms with Gasteiger partial charge in [0.15, 0.2) is 0 Å². The maximum Gasteiger partial charge on any atom is 0.410 e. The van der Waals surface area contributed by atoms with Gasteiger partial charge in [0.1, 0.15) is 5.60 Å². The van der Waals surface area contributed by atoms with Gasteiger partial charge in [-0.25, -0.2) is 18.2 Å². The first kappa shape index (κ1) is 17.2. The summed E-state index contributed by atoms with van der Waals surface area (Å²) >= 11 is 1.10. The number of aromatic nitrogens is 1. The second kappa shape index (κ2) is 6.54. The van der Waals surface area contributed by atoms with Gasteiger partial charge in [-0.2, -0.15) is 0 Å². The molecule has 1 amide bonds. The van der Waals surface area contributed by atoms with Crippen LogP contribution in [0.15, 0.2) is 15.9 Å². The first-order chi connectivity index (χ1) is 10.2. The average molecular weight is 346 g/mol. The molecule has 0 bridgehead atoms. The third-order valence-corrected chi connectivity index (χ3v) is 6.42. The molecule has 0 radical (unpaired) electrons. The Labute approximate surface area is 135 Å². The highest BCUT2D eigenvalue weighted by Crippen LogP contribution is 2.24. The zero-order chi connectivity index (χ0) is 16.4. The molecule has 1 aliphatic rings. The second-order valence-corrected chi connectivity index (χ2v) is 9.51. The maximum atomic E-state index is 12.4. The van der Waals surface area contributed by atoms with Crippen molar-refractivity contribution in [2.45, 2.75) is 56.0 Å². The molecule has 0 aromatic carbocycles. The van der Waals surface area contributed by atoms with Crippen LogP contribution < -0.4 is 0 Å². The molecule has 2 heterocycles. The molecule has 0 aliphatic carbocycles. The van der Waals surface area contributed by atoms with Crippen LogP contribution in [0.25, 0.3) is 0 Å². The fourth-order valence-electron chi connectivity index (χ4n) is 2.42. The third-order valence-electron chi connectivity index (χ3n) is 3.34. The van der Waals surface area contributed by atoms with E-state index in [0.717, 1.165) is 24.2 Å². The van der Waals surface area contributed by atoms with E-state index in [1.54, 1.807) is 31.1 Å². The third kappa shape index (κ3) is 4.42. The molecule has 22 heavy (non-hydrogen) atoms. The number of likely N-dealkylation sites (tertiary alicyclic amines) is 1. The van der Waals surface area contributed by atoms with Crippen molar-refractivity contribution in [1.82, 2.24) is 9.88 Å². The van der Waals surface area contributed by atoms with Crippen molar-refractivity contribution >= 4 is 27.3 Å². The van der Waals surface area contributed by atoms with E-state index in [2.05, 4.69) is 4.98 Å².